The molecule has 3 aromatic carbocycles. The molecular formula is C29H31NO. The number of benzene rings is 3. The lowest BCUT2D eigenvalue weighted by Gasteiger charge is -2.26. The van der Waals surface area contributed by atoms with Gasteiger partial charge in [0.1, 0.15) is 0 Å². The predicted molar refractivity (Wildman–Crippen MR) is 132 cm³/mol. The van der Waals surface area contributed by atoms with Crippen molar-refractivity contribution in [2.24, 2.45) is 0 Å². The topological polar surface area (TPSA) is 12.5 Å². The molecule has 2 nitrogen and oxygen atoms in total. The summed E-state index contributed by atoms with van der Waals surface area (Å²) >= 11 is 0. The van der Waals surface area contributed by atoms with Crippen molar-refractivity contribution in [3.05, 3.63) is 89.0 Å². The third-order valence-corrected chi connectivity index (χ3v) is 6.59. The third-order valence-electron chi connectivity index (χ3n) is 6.59. The monoisotopic (exact) mass is 409 g/mol. The van der Waals surface area contributed by atoms with Crippen LogP contribution in [-0.2, 0) is 11.2 Å². The maximum absolute atomic E-state index is 5.50. The Morgan fingerprint density at radius 3 is 2.39 bits per heavy atom. The molecule has 0 spiro atoms. The van der Waals surface area contributed by atoms with Gasteiger partial charge >= 0.3 is 0 Å². The minimum atomic E-state index is 0.863. The van der Waals surface area contributed by atoms with Crippen molar-refractivity contribution in [1.29, 1.82) is 0 Å². The van der Waals surface area contributed by atoms with E-state index in [9.17, 15) is 0 Å². The van der Waals surface area contributed by atoms with Gasteiger partial charge in [0.2, 0.25) is 0 Å². The lowest BCUT2D eigenvalue weighted by molar-refractivity contribution is 0.0390. The summed E-state index contributed by atoms with van der Waals surface area (Å²) in [5.74, 6) is 0. The minimum Gasteiger partial charge on any atom is -0.379 e. The Balaban J connectivity index is 1.49. The van der Waals surface area contributed by atoms with E-state index in [0.29, 0.717) is 0 Å². The number of morpholine rings is 1. The van der Waals surface area contributed by atoms with Gasteiger partial charge in [-0.05, 0) is 63.1 Å². The van der Waals surface area contributed by atoms with Crippen LogP contribution in [0.25, 0.3) is 28.0 Å². The van der Waals surface area contributed by atoms with Gasteiger partial charge in [-0.25, -0.2) is 0 Å². The fraction of sp³-hybridized carbons (Fsp3) is 0.310. The van der Waals surface area contributed by atoms with Crippen molar-refractivity contribution >= 4 is 28.0 Å². The molecule has 0 radical (unpaired) electrons. The molecule has 31 heavy (non-hydrogen) atoms. The summed E-state index contributed by atoms with van der Waals surface area (Å²) in [7, 11) is 0. The summed E-state index contributed by atoms with van der Waals surface area (Å²) in [5.41, 5.74) is 8.32. The molecule has 0 amide bonds. The van der Waals surface area contributed by atoms with Crippen LogP contribution in [0, 0.1) is 0 Å². The summed E-state index contributed by atoms with van der Waals surface area (Å²) in [4.78, 5) is 2.52. The van der Waals surface area contributed by atoms with Gasteiger partial charge in [0.05, 0.1) is 13.2 Å². The first-order valence-electron chi connectivity index (χ1n) is 11.7. The molecule has 1 aliphatic heterocycles. The van der Waals surface area contributed by atoms with Crippen molar-refractivity contribution in [3.63, 3.8) is 0 Å². The number of fused-ring (bicyclic) bond motifs is 2. The lowest BCUT2D eigenvalue weighted by atomic mass is 9.95. The van der Waals surface area contributed by atoms with Crippen molar-refractivity contribution in [2.45, 2.75) is 26.2 Å². The molecule has 1 heterocycles. The fourth-order valence-electron chi connectivity index (χ4n) is 4.95. The lowest BCUT2D eigenvalue weighted by Crippen LogP contribution is -2.36. The number of aryl methyl sites for hydroxylation is 1. The van der Waals surface area contributed by atoms with E-state index in [1.807, 2.05) is 0 Å². The largest absolute Gasteiger partial charge is 0.379 e. The molecule has 3 aromatic rings. The highest BCUT2D eigenvalue weighted by atomic mass is 16.5. The van der Waals surface area contributed by atoms with Gasteiger partial charge in [-0.3, -0.25) is 4.90 Å². The van der Waals surface area contributed by atoms with E-state index in [-0.39, 0.29) is 0 Å². The molecular weight excluding hydrogens is 378 g/mol. The molecule has 0 atom stereocenters. The molecule has 1 saturated heterocycles. The fourth-order valence-corrected chi connectivity index (χ4v) is 4.95. The van der Waals surface area contributed by atoms with Crippen molar-refractivity contribution in [1.82, 2.24) is 4.90 Å². The van der Waals surface area contributed by atoms with Crippen LogP contribution in [0.4, 0.5) is 0 Å². The van der Waals surface area contributed by atoms with Crippen LogP contribution >= 0.6 is 0 Å². The maximum Gasteiger partial charge on any atom is 0.0594 e. The van der Waals surface area contributed by atoms with Gasteiger partial charge in [-0.1, -0.05) is 80.1 Å². The van der Waals surface area contributed by atoms with E-state index in [2.05, 4.69) is 84.6 Å². The van der Waals surface area contributed by atoms with Crippen LogP contribution in [0.1, 0.15) is 42.0 Å². The third kappa shape index (κ3) is 4.23. The number of hydrogen-bond acceptors (Lipinski definition) is 2. The van der Waals surface area contributed by atoms with Crippen LogP contribution in [0.15, 0.2) is 66.7 Å². The van der Waals surface area contributed by atoms with E-state index in [4.69, 9.17) is 4.74 Å². The molecule has 0 aromatic heterocycles. The van der Waals surface area contributed by atoms with Gasteiger partial charge < -0.3 is 4.74 Å². The molecule has 2 aliphatic rings. The summed E-state index contributed by atoms with van der Waals surface area (Å²) in [6.45, 7) is 7.18. The maximum atomic E-state index is 5.50. The number of ether oxygens (including phenoxy) is 1. The summed E-state index contributed by atoms with van der Waals surface area (Å²) < 4.78 is 5.50. The molecule has 5 rings (SSSR count). The minimum absolute atomic E-state index is 0.863. The number of nitrogens with zero attached hydrogens (tertiary/aromatic N) is 1. The Morgan fingerprint density at radius 1 is 0.839 bits per heavy atom. The highest BCUT2D eigenvalue weighted by molar-refractivity contribution is 6.05. The molecule has 0 bridgehead atoms. The SMILES string of the molecule is CCCc1ccc(/C=C2\C=C(CCN3CCOCC3)c3ccccc32)c2ccccc12. The zero-order valence-corrected chi connectivity index (χ0v) is 18.4. The van der Waals surface area contributed by atoms with Gasteiger partial charge in [-0.15, -0.1) is 0 Å². The normalized spacial score (nSPS) is 17.8. The van der Waals surface area contributed by atoms with Crippen molar-refractivity contribution in [3.8, 4) is 0 Å². The van der Waals surface area contributed by atoms with Crippen molar-refractivity contribution < 1.29 is 4.74 Å². The van der Waals surface area contributed by atoms with E-state index in [1.54, 1.807) is 0 Å². The van der Waals surface area contributed by atoms with E-state index < -0.39 is 0 Å². The van der Waals surface area contributed by atoms with E-state index in [0.717, 1.165) is 45.7 Å². The average Bonchev–Trinajstić information content (AvgIpc) is 3.17. The Hall–Kier alpha value is -2.68. The second kappa shape index (κ2) is 9.21. The first kappa shape index (κ1) is 20.2. The zero-order chi connectivity index (χ0) is 21.0. The van der Waals surface area contributed by atoms with Gasteiger partial charge in [0, 0.05) is 19.6 Å². The highest BCUT2D eigenvalue weighted by Crippen LogP contribution is 2.39. The number of rotatable bonds is 6. The van der Waals surface area contributed by atoms with Crippen LogP contribution < -0.4 is 0 Å². The molecule has 1 fully saturated rings. The van der Waals surface area contributed by atoms with Crippen molar-refractivity contribution in [2.75, 3.05) is 32.8 Å². The average molecular weight is 410 g/mol. The van der Waals surface area contributed by atoms with Crippen LogP contribution in [0.3, 0.4) is 0 Å². The van der Waals surface area contributed by atoms with Gasteiger partial charge in [0.25, 0.3) is 0 Å². The van der Waals surface area contributed by atoms with Gasteiger partial charge in [0.15, 0.2) is 0 Å². The molecule has 0 saturated carbocycles. The zero-order valence-electron chi connectivity index (χ0n) is 18.4. The Kier molecular flexibility index (Phi) is 6.01. The first-order valence-corrected chi connectivity index (χ1v) is 11.7. The Morgan fingerprint density at radius 2 is 1.58 bits per heavy atom. The number of allylic oxidation sites excluding steroid dienone is 2. The second-order valence-electron chi connectivity index (χ2n) is 8.63. The highest BCUT2D eigenvalue weighted by Gasteiger charge is 2.19. The molecule has 158 valence electrons. The summed E-state index contributed by atoms with van der Waals surface area (Å²) in [6.07, 6.45) is 8.20. The Bertz CT molecular complexity index is 1130. The van der Waals surface area contributed by atoms with Crippen LogP contribution in [-0.4, -0.2) is 37.7 Å². The Labute approximate surface area is 185 Å². The predicted octanol–water partition coefficient (Wildman–Crippen LogP) is 6.45. The quantitative estimate of drug-likeness (QED) is 0.464. The summed E-state index contributed by atoms with van der Waals surface area (Å²) in [5, 5.41) is 2.75. The summed E-state index contributed by atoms with van der Waals surface area (Å²) in [6, 6.07) is 22.4. The molecule has 0 unspecified atom stereocenters. The van der Waals surface area contributed by atoms with E-state index in [1.165, 1.54) is 50.6 Å². The first-order chi connectivity index (χ1) is 15.3. The van der Waals surface area contributed by atoms with Crippen LogP contribution in [0.2, 0.25) is 0 Å². The molecule has 2 heteroatoms. The molecule has 1 aliphatic carbocycles. The molecule has 0 N–H and O–H groups in total. The number of hydrogen-bond donors (Lipinski definition) is 0. The second-order valence-corrected chi connectivity index (χ2v) is 8.63. The van der Waals surface area contributed by atoms with E-state index >= 15 is 0 Å². The standard InChI is InChI=1S/C29H31NO/c1-2-7-22-12-13-23(27-9-4-3-8-26(22)27)20-25-21-24(28-10-5-6-11-29(25)28)14-15-30-16-18-31-19-17-30/h3-6,8-13,20-21H,2,7,14-19H2,1H3/b25-20+. The van der Waals surface area contributed by atoms with Gasteiger partial charge in [-0.2, -0.15) is 0 Å². The van der Waals surface area contributed by atoms with Crippen LogP contribution in [0.5, 0.6) is 0 Å². The smallest absolute Gasteiger partial charge is 0.0594 e.